The van der Waals surface area contributed by atoms with Crippen LogP contribution in [-0.4, -0.2) is 24.4 Å². The van der Waals surface area contributed by atoms with Crippen LogP contribution in [0.4, 0.5) is 4.39 Å². The Morgan fingerprint density at radius 3 is 2.64 bits per heavy atom. The summed E-state index contributed by atoms with van der Waals surface area (Å²) in [5.74, 6) is 0.165. The van der Waals surface area contributed by atoms with Gasteiger partial charge in [0.25, 0.3) is 0 Å². The second kappa shape index (κ2) is 4.96. The summed E-state index contributed by atoms with van der Waals surface area (Å²) in [6.07, 6.45) is -0.734. The number of para-hydroxylation sites is 1. The average Bonchev–Trinajstić information content (AvgIpc) is 2.20. The number of hydrogen-bond donors (Lipinski definition) is 2. The molecule has 2 unspecified atom stereocenters. The summed E-state index contributed by atoms with van der Waals surface area (Å²) in [7, 11) is 1.72. The molecule has 0 radical (unpaired) electrons. The van der Waals surface area contributed by atoms with Crippen molar-refractivity contribution >= 4 is 0 Å². The lowest BCUT2D eigenvalue weighted by Gasteiger charge is -2.16. The van der Waals surface area contributed by atoms with Gasteiger partial charge in [-0.1, -0.05) is 18.2 Å². The van der Waals surface area contributed by atoms with Gasteiger partial charge in [-0.3, -0.25) is 0 Å². The van der Waals surface area contributed by atoms with Gasteiger partial charge in [0.05, 0.1) is 0 Å². The van der Waals surface area contributed by atoms with Crippen LogP contribution in [0.2, 0.25) is 0 Å². The van der Waals surface area contributed by atoms with Crippen LogP contribution in [0.15, 0.2) is 24.3 Å². The quantitative estimate of drug-likeness (QED) is 0.772. The van der Waals surface area contributed by atoms with Gasteiger partial charge in [-0.05, 0) is 25.6 Å². The van der Waals surface area contributed by atoms with Gasteiger partial charge in [0.1, 0.15) is 11.9 Å². The van der Waals surface area contributed by atoms with Gasteiger partial charge in [0.15, 0.2) is 0 Å². The fourth-order valence-electron chi connectivity index (χ4n) is 1.25. The van der Waals surface area contributed by atoms with Crippen LogP contribution in [0.3, 0.4) is 0 Å². The molecule has 0 spiro atoms. The molecular formula is C11H16FNO. The van der Waals surface area contributed by atoms with E-state index in [9.17, 15) is 9.50 Å². The molecule has 1 aromatic carbocycles. The van der Waals surface area contributed by atoms with E-state index in [1.807, 2.05) is 0 Å². The van der Waals surface area contributed by atoms with Gasteiger partial charge in [0, 0.05) is 12.5 Å². The Balaban J connectivity index is 2.64. The van der Waals surface area contributed by atoms with Crippen LogP contribution < -0.4 is 5.32 Å². The summed E-state index contributed by atoms with van der Waals surface area (Å²) in [6.45, 7) is 1.78. The van der Waals surface area contributed by atoms with Gasteiger partial charge in [-0.25, -0.2) is 4.39 Å². The fourth-order valence-corrected chi connectivity index (χ4v) is 1.25. The molecule has 0 bridgehead atoms. The number of hydrogen-bond acceptors (Lipinski definition) is 2. The number of phenols is 1. The van der Waals surface area contributed by atoms with Crippen LogP contribution in [0.1, 0.15) is 12.5 Å². The second-order valence-corrected chi connectivity index (χ2v) is 3.43. The SMILES string of the molecule is CNC(C)C(F)Cc1ccccc1O. The third-order valence-electron chi connectivity index (χ3n) is 2.40. The molecule has 0 aliphatic carbocycles. The Morgan fingerprint density at radius 2 is 2.07 bits per heavy atom. The summed E-state index contributed by atoms with van der Waals surface area (Å²) < 4.78 is 13.5. The van der Waals surface area contributed by atoms with Gasteiger partial charge in [-0.15, -0.1) is 0 Å². The molecule has 3 heteroatoms. The van der Waals surface area contributed by atoms with Gasteiger partial charge < -0.3 is 10.4 Å². The van der Waals surface area contributed by atoms with E-state index < -0.39 is 6.17 Å². The van der Waals surface area contributed by atoms with Crippen molar-refractivity contribution in [3.63, 3.8) is 0 Å². The average molecular weight is 197 g/mol. The first-order valence-corrected chi connectivity index (χ1v) is 4.73. The Morgan fingerprint density at radius 1 is 1.43 bits per heavy atom. The third kappa shape index (κ3) is 2.70. The number of benzene rings is 1. The predicted molar refractivity (Wildman–Crippen MR) is 55.2 cm³/mol. The minimum absolute atomic E-state index is 0.165. The predicted octanol–water partition coefficient (Wildman–Crippen LogP) is 1.88. The molecule has 1 aromatic rings. The van der Waals surface area contributed by atoms with Crippen molar-refractivity contribution in [1.82, 2.24) is 5.32 Å². The van der Waals surface area contributed by atoms with Crippen LogP contribution in [-0.2, 0) is 6.42 Å². The Labute approximate surface area is 83.8 Å². The molecule has 0 fully saturated rings. The zero-order valence-corrected chi connectivity index (χ0v) is 8.50. The fraction of sp³-hybridized carbons (Fsp3) is 0.455. The highest BCUT2D eigenvalue weighted by atomic mass is 19.1. The monoisotopic (exact) mass is 197 g/mol. The van der Waals surface area contributed by atoms with E-state index in [-0.39, 0.29) is 18.2 Å². The van der Waals surface area contributed by atoms with Crippen LogP contribution in [0.5, 0.6) is 5.75 Å². The minimum atomic E-state index is -0.978. The largest absolute Gasteiger partial charge is 0.508 e. The standard InChI is InChI=1S/C11H16FNO/c1-8(13-2)10(12)7-9-5-3-4-6-11(9)14/h3-6,8,10,13-14H,7H2,1-2H3. The van der Waals surface area contributed by atoms with E-state index in [4.69, 9.17) is 0 Å². The molecule has 78 valence electrons. The Hall–Kier alpha value is -1.09. The first kappa shape index (κ1) is 11.0. The van der Waals surface area contributed by atoms with E-state index in [1.54, 1.807) is 38.2 Å². The number of halogens is 1. The molecule has 0 amide bonds. The normalized spacial score (nSPS) is 15.1. The maximum atomic E-state index is 13.5. The molecule has 0 heterocycles. The highest BCUT2D eigenvalue weighted by Crippen LogP contribution is 2.19. The number of aromatic hydroxyl groups is 1. The Bertz CT molecular complexity index is 290. The molecule has 0 aromatic heterocycles. The van der Waals surface area contributed by atoms with Crippen molar-refractivity contribution in [1.29, 1.82) is 0 Å². The Kier molecular flexibility index (Phi) is 3.89. The molecule has 1 rings (SSSR count). The van der Waals surface area contributed by atoms with Crippen molar-refractivity contribution in [3.8, 4) is 5.75 Å². The van der Waals surface area contributed by atoms with Crippen molar-refractivity contribution in [3.05, 3.63) is 29.8 Å². The summed E-state index contributed by atoms with van der Waals surface area (Å²) in [5.41, 5.74) is 0.655. The molecule has 14 heavy (non-hydrogen) atoms. The molecule has 0 aliphatic rings. The zero-order valence-electron chi connectivity index (χ0n) is 8.50. The number of phenolic OH excluding ortho intramolecular Hbond substituents is 1. The number of alkyl halides is 1. The van der Waals surface area contributed by atoms with Crippen molar-refractivity contribution in [2.24, 2.45) is 0 Å². The number of nitrogens with one attached hydrogen (secondary N) is 1. The molecule has 2 atom stereocenters. The molecule has 0 saturated carbocycles. The molecule has 0 aliphatic heterocycles. The summed E-state index contributed by atoms with van der Waals surface area (Å²) in [4.78, 5) is 0. The topological polar surface area (TPSA) is 32.3 Å². The van der Waals surface area contributed by atoms with E-state index in [1.165, 1.54) is 0 Å². The second-order valence-electron chi connectivity index (χ2n) is 3.43. The van der Waals surface area contributed by atoms with Gasteiger partial charge in [0.2, 0.25) is 0 Å². The molecule has 2 nitrogen and oxygen atoms in total. The number of rotatable bonds is 4. The molecule has 2 N–H and O–H groups in total. The van der Waals surface area contributed by atoms with E-state index >= 15 is 0 Å². The van der Waals surface area contributed by atoms with Gasteiger partial charge >= 0.3 is 0 Å². The summed E-state index contributed by atoms with van der Waals surface area (Å²) in [5, 5.41) is 12.3. The highest BCUT2D eigenvalue weighted by Gasteiger charge is 2.16. The summed E-state index contributed by atoms with van der Waals surface area (Å²) in [6, 6.07) is 6.64. The maximum Gasteiger partial charge on any atom is 0.119 e. The smallest absolute Gasteiger partial charge is 0.119 e. The first-order chi connectivity index (χ1) is 6.65. The van der Waals surface area contributed by atoms with Crippen molar-refractivity contribution < 1.29 is 9.50 Å². The third-order valence-corrected chi connectivity index (χ3v) is 2.40. The minimum Gasteiger partial charge on any atom is -0.508 e. The lowest BCUT2D eigenvalue weighted by atomic mass is 10.0. The van der Waals surface area contributed by atoms with E-state index in [0.29, 0.717) is 5.56 Å². The van der Waals surface area contributed by atoms with E-state index in [2.05, 4.69) is 5.32 Å². The van der Waals surface area contributed by atoms with Crippen molar-refractivity contribution in [2.45, 2.75) is 25.6 Å². The first-order valence-electron chi connectivity index (χ1n) is 4.73. The van der Waals surface area contributed by atoms with Crippen molar-refractivity contribution in [2.75, 3.05) is 7.05 Å². The zero-order chi connectivity index (χ0) is 10.6. The maximum absolute atomic E-state index is 13.5. The summed E-state index contributed by atoms with van der Waals surface area (Å²) >= 11 is 0. The molecular weight excluding hydrogens is 181 g/mol. The highest BCUT2D eigenvalue weighted by molar-refractivity contribution is 5.32. The lowest BCUT2D eigenvalue weighted by molar-refractivity contribution is 0.265. The van der Waals surface area contributed by atoms with Gasteiger partial charge in [-0.2, -0.15) is 0 Å². The van der Waals surface area contributed by atoms with Crippen LogP contribution >= 0.6 is 0 Å². The van der Waals surface area contributed by atoms with E-state index in [0.717, 1.165) is 0 Å². The lowest BCUT2D eigenvalue weighted by Crippen LogP contribution is -2.33. The van der Waals surface area contributed by atoms with Crippen LogP contribution in [0.25, 0.3) is 0 Å². The molecule has 0 saturated heterocycles. The van der Waals surface area contributed by atoms with Crippen LogP contribution in [0, 0.1) is 0 Å².